The molecule has 0 bridgehead atoms. The van der Waals surface area contributed by atoms with E-state index in [0.717, 1.165) is 0 Å². The van der Waals surface area contributed by atoms with E-state index >= 15 is 0 Å². The molecule has 4 N–H and O–H groups in total. The maximum absolute atomic E-state index is 0. The van der Waals surface area contributed by atoms with Crippen LogP contribution in [0.3, 0.4) is 0 Å². The van der Waals surface area contributed by atoms with E-state index in [0.29, 0.717) is 0 Å². The standard InChI is InChI=1S/Nb.4H2O.Pb.Ti/h;4*1H2;;/q+2;;;;;;/p-4. The van der Waals surface area contributed by atoms with E-state index in [1.54, 1.807) is 0 Å². The van der Waals surface area contributed by atoms with Crippen molar-refractivity contribution in [2.75, 3.05) is 0 Å². The minimum atomic E-state index is 0. The molecule has 0 aliphatic carbocycles. The summed E-state index contributed by atoms with van der Waals surface area (Å²) in [5, 5.41) is 0. The molecule has 0 heterocycles. The zero-order valence-electron chi connectivity index (χ0n) is 3.24. The zero-order valence-corrected chi connectivity index (χ0v) is 10.9. The van der Waals surface area contributed by atoms with Crippen molar-refractivity contribution in [2.45, 2.75) is 0 Å². The van der Waals surface area contributed by atoms with E-state index in [1.807, 2.05) is 0 Å². The van der Waals surface area contributed by atoms with Crippen molar-refractivity contribution in [1.29, 1.82) is 0 Å². The van der Waals surface area contributed by atoms with Gasteiger partial charge < -0.3 is 21.9 Å². The Labute approximate surface area is 92.2 Å². The Kier molecular flexibility index (Phi) is 1580. The summed E-state index contributed by atoms with van der Waals surface area (Å²) in [4.78, 5) is 0. The molecule has 0 saturated carbocycles. The summed E-state index contributed by atoms with van der Waals surface area (Å²) in [6, 6.07) is 0. The van der Waals surface area contributed by atoms with Crippen LogP contribution in [0.2, 0.25) is 0 Å². The summed E-state index contributed by atoms with van der Waals surface area (Å²) in [7, 11) is 0. The number of hydrogen-bond donors (Lipinski definition) is 0. The Hall–Kier alpha value is 2.22. The molecule has 0 atom stereocenters. The van der Waals surface area contributed by atoms with Gasteiger partial charge in [0.25, 0.3) is 0 Å². The van der Waals surface area contributed by atoms with Crippen molar-refractivity contribution < 1.29 is 66.0 Å². The molecule has 4 nitrogen and oxygen atoms in total. The third kappa shape index (κ3) is 64.6. The molecule has 0 saturated heterocycles. The molecule has 0 amide bonds. The van der Waals surface area contributed by atoms with Crippen molar-refractivity contribution in [3.8, 4) is 0 Å². The second kappa shape index (κ2) is 87.1. The summed E-state index contributed by atoms with van der Waals surface area (Å²) in [5.41, 5.74) is 0. The quantitative estimate of drug-likeness (QED) is 0.466. The van der Waals surface area contributed by atoms with Gasteiger partial charge in [0.1, 0.15) is 0 Å². The first-order valence-electron chi connectivity index (χ1n) is 0. The summed E-state index contributed by atoms with van der Waals surface area (Å²) in [6.07, 6.45) is 0. The van der Waals surface area contributed by atoms with Crippen LogP contribution in [0.25, 0.3) is 0 Å². The van der Waals surface area contributed by atoms with Gasteiger partial charge in [0, 0.05) is 49.0 Å². The van der Waals surface area contributed by atoms with E-state index in [4.69, 9.17) is 0 Å². The molecular formula is H4NbO4PbTi-2. The third-order valence-corrected chi connectivity index (χ3v) is 0. The Balaban J connectivity index is 0. The van der Waals surface area contributed by atoms with Gasteiger partial charge in [-0.25, -0.2) is 0 Å². The van der Waals surface area contributed by atoms with Crippen LogP contribution >= 0.6 is 0 Å². The molecule has 0 unspecified atom stereocenters. The van der Waals surface area contributed by atoms with E-state index in [9.17, 15) is 0 Å². The fraction of sp³-hybridized carbons (Fsp3) is 0. The second-order valence-electron chi connectivity index (χ2n) is 0. The molecule has 0 aromatic rings. The molecular weight excluding hydrogens is 412 g/mol. The van der Waals surface area contributed by atoms with Crippen LogP contribution in [0.1, 0.15) is 0 Å². The molecule has 5 radical (unpaired) electrons. The predicted molar refractivity (Wildman–Crippen MR) is 13.5 cm³/mol. The van der Waals surface area contributed by atoms with Crippen molar-refractivity contribution in [2.24, 2.45) is 0 Å². The first kappa shape index (κ1) is 127. The Bertz CT molecular complexity index is 11.7. The number of rotatable bonds is 0. The second-order valence-corrected chi connectivity index (χ2v) is 0. The van der Waals surface area contributed by atoms with Gasteiger partial charge in [-0.15, -0.1) is 0 Å². The molecule has 0 aliphatic rings. The normalized spacial score (nSPS) is 0. The largest absolute Gasteiger partial charge is 2.00 e. The fourth-order valence-electron chi connectivity index (χ4n) is 0. The first-order chi connectivity index (χ1) is 0. The molecule has 0 aliphatic heterocycles. The van der Waals surface area contributed by atoms with Crippen molar-refractivity contribution >= 4 is 27.3 Å². The molecule has 43 valence electrons. The maximum Gasteiger partial charge on any atom is 2.00 e. The van der Waals surface area contributed by atoms with E-state index in [1.165, 1.54) is 0 Å². The Morgan fingerprint density at radius 3 is 0.571 bits per heavy atom. The zero-order chi connectivity index (χ0) is 0. The Morgan fingerprint density at radius 1 is 0.571 bits per heavy atom. The minimum absolute atomic E-state index is 0. The molecule has 0 rings (SSSR count). The summed E-state index contributed by atoms with van der Waals surface area (Å²) >= 11 is 0. The molecule has 7 heteroatoms. The van der Waals surface area contributed by atoms with Gasteiger partial charge in [-0.3, -0.25) is 0 Å². The van der Waals surface area contributed by atoms with E-state index < -0.39 is 0 Å². The fourth-order valence-corrected chi connectivity index (χ4v) is 0. The van der Waals surface area contributed by atoms with Gasteiger partial charge in [0.2, 0.25) is 0 Å². The minimum Gasteiger partial charge on any atom is -0.870 e. The van der Waals surface area contributed by atoms with E-state index in [-0.39, 0.29) is 93.3 Å². The van der Waals surface area contributed by atoms with Gasteiger partial charge >= 0.3 is 22.4 Å². The van der Waals surface area contributed by atoms with Crippen LogP contribution in [-0.4, -0.2) is 49.2 Å². The Morgan fingerprint density at radius 2 is 0.571 bits per heavy atom. The van der Waals surface area contributed by atoms with Crippen LogP contribution in [0.5, 0.6) is 0 Å². The average molecular weight is 416 g/mol. The van der Waals surface area contributed by atoms with Gasteiger partial charge in [-0.1, -0.05) is 0 Å². The average Bonchev–Trinajstić information content (AvgIpc) is 0. The van der Waals surface area contributed by atoms with Gasteiger partial charge in [-0.2, -0.15) is 0 Å². The molecule has 0 fully saturated rings. The number of hydrogen-bond acceptors (Lipinski definition) is 4. The van der Waals surface area contributed by atoms with Gasteiger partial charge in [-0.05, 0) is 0 Å². The first-order valence-corrected chi connectivity index (χ1v) is 0. The summed E-state index contributed by atoms with van der Waals surface area (Å²) in [5.74, 6) is 0. The summed E-state index contributed by atoms with van der Waals surface area (Å²) in [6.45, 7) is 0. The predicted octanol–water partition coefficient (Wildman–Crippen LogP) is -1.09. The SMILES string of the molecule is [Nb+2].[OH-].[OH-].[OH-].[OH-].[Pb].[Ti]. The van der Waals surface area contributed by atoms with Crippen LogP contribution in [-0.2, 0) is 44.1 Å². The van der Waals surface area contributed by atoms with Crippen molar-refractivity contribution in [3.05, 3.63) is 0 Å². The molecule has 0 spiro atoms. The third-order valence-electron chi connectivity index (χ3n) is 0. The molecule has 7 heavy (non-hydrogen) atoms. The van der Waals surface area contributed by atoms with Crippen LogP contribution < -0.4 is 0 Å². The van der Waals surface area contributed by atoms with Crippen LogP contribution in [0.15, 0.2) is 0 Å². The maximum atomic E-state index is 0. The van der Waals surface area contributed by atoms with Gasteiger partial charge in [0.15, 0.2) is 0 Å². The van der Waals surface area contributed by atoms with Gasteiger partial charge in [0.05, 0.1) is 0 Å². The van der Waals surface area contributed by atoms with Crippen molar-refractivity contribution in [3.63, 3.8) is 0 Å². The van der Waals surface area contributed by atoms with Crippen molar-refractivity contribution in [1.82, 2.24) is 0 Å². The van der Waals surface area contributed by atoms with Crippen LogP contribution in [0.4, 0.5) is 0 Å². The van der Waals surface area contributed by atoms with E-state index in [2.05, 4.69) is 0 Å². The smallest absolute Gasteiger partial charge is 0.870 e. The molecule has 0 aromatic carbocycles. The van der Waals surface area contributed by atoms with Crippen LogP contribution in [0, 0.1) is 0 Å². The monoisotopic (exact) mass is 417 g/mol. The summed E-state index contributed by atoms with van der Waals surface area (Å²) < 4.78 is 0. The topological polar surface area (TPSA) is 120 Å². The molecule has 0 aromatic heterocycles.